The molecule has 2 rings (SSSR count). The first-order valence-corrected chi connectivity index (χ1v) is 7.62. The molecule has 0 aliphatic carbocycles. The number of hydrogen-bond acceptors (Lipinski definition) is 2. The van der Waals surface area contributed by atoms with Gasteiger partial charge in [-0.05, 0) is 19.4 Å². The predicted molar refractivity (Wildman–Crippen MR) is 84.4 cm³/mol. The number of benzene rings is 1. The molecule has 0 aromatic heterocycles. The number of ether oxygens (including phenoxy) is 1. The maximum Gasteiger partial charge on any atom is 0.317 e. The Morgan fingerprint density at radius 1 is 1.24 bits per heavy atom. The fourth-order valence-corrected chi connectivity index (χ4v) is 2.74. The second kappa shape index (κ2) is 6.48. The van der Waals surface area contributed by atoms with Gasteiger partial charge >= 0.3 is 6.03 Å². The van der Waals surface area contributed by atoms with Gasteiger partial charge in [-0.3, -0.25) is 0 Å². The first-order valence-electron chi connectivity index (χ1n) is 7.62. The van der Waals surface area contributed by atoms with Crippen molar-refractivity contribution in [3.8, 4) is 0 Å². The largest absolute Gasteiger partial charge is 0.372 e. The Kier molecular flexibility index (Phi) is 4.88. The summed E-state index contributed by atoms with van der Waals surface area (Å²) in [5.41, 5.74) is 1.15. The van der Waals surface area contributed by atoms with E-state index in [0.717, 1.165) is 0 Å². The van der Waals surface area contributed by atoms with Gasteiger partial charge in [0.25, 0.3) is 0 Å². The number of amides is 2. The number of urea groups is 1. The molecule has 1 saturated heterocycles. The molecule has 4 nitrogen and oxygen atoms in total. The minimum Gasteiger partial charge on any atom is -0.372 e. The number of nitrogens with one attached hydrogen (secondary N) is 1. The molecule has 1 aromatic rings. The summed E-state index contributed by atoms with van der Waals surface area (Å²) < 4.78 is 5.66. The number of carbonyl (C=O) groups excluding carboxylic acids is 1. The van der Waals surface area contributed by atoms with Gasteiger partial charge in [-0.25, -0.2) is 4.79 Å². The van der Waals surface area contributed by atoms with Crippen molar-refractivity contribution < 1.29 is 9.53 Å². The van der Waals surface area contributed by atoms with Crippen LogP contribution < -0.4 is 5.32 Å². The standard InChI is InChI=1S/C17H26N2O2/c1-13-10-19(11-14(2)21-13)16(20)18-12-17(3,4)15-8-6-5-7-9-15/h5-9,13-14H,10-12H2,1-4H3,(H,18,20). The summed E-state index contributed by atoms with van der Waals surface area (Å²) in [6, 6.07) is 10.3. The number of rotatable bonds is 3. The van der Waals surface area contributed by atoms with Crippen LogP contribution >= 0.6 is 0 Å². The highest BCUT2D eigenvalue weighted by atomic mass is 16.5. The molecule has 1 aliphatic heterocycles. The number of nitrogens with zero attached hydrogens (tertiary/aromatic N) is 1. The zero-order valence-corrected chi connectivity index (χ0v) is 13.4. The highest BCUT2D eigenvalue weighted by Crippen LogP contribution is 2.22. The van der Waals surface area contributed by atoms with Crippen LogP contribution in [0.25, 0.3) is 0 Å². The molecule has 4 heteroatoms. The van der Waals surface area contributed by atoms with E-state index in [2.05, 4.69) is 31.3 Å². The topological polar surface area (TPSA) is 41.6 Å². The maximum absolute atomic E-state index is 12.3. The van der Waals surface area contributed by atoms with Gasteiger partial charge in [0, 0.05) is 25.0 Å². The lowest BCUT2D eigenvalue weighted by Crippen LogP contribution is -2.53. The minimum atomic E-state index is -0.0829. The summed E-state index contributed by atoms with van der Waals surface area (Å²) in [6.45, 7) is 10.2. The Balaban J connectivity index is 1.91. The highest BCUT2D eigenvalue weighted by molar-refractivity contribution is 5.74. The summed E-state index contributed by atoms with van der Waals surface area (Å²) in [5, 5.41) is 3.06. The van der Waals surface area contributed by atoms with E-state index in [1.165, 1.54) is 5.56 Å². The van der Waals surface area contributed by atoms with Gasteiger partial charge in [0.2, 0.25) is 0 Å². The summed E-state index contributed by atoms with van der Waals surface area (Å²) in [6.07, 6.45) is 0.197. The van der Waals surface area contributed by atoms with E-state index in [-0.39, 0.29) is 23.7 Å². The Labute approximate surface area is 127 Å². The number of carbonyl (C=O) groups is 1. The van der Waals surface area contributed by atoms with Crippen LogP contribution in [0.3, 0.4) is 0 Å². The van der Waals surface area contributed by atoms with Crippen molar-refractivity contribution in [2.24, 2.45) is 0 Å². The van der Waals surface area contributed by atoms with E-state index in [4.69, 9.17) is 4.74 Å². The molecular weight excluding hydrogens is 264 g/mol. The molecule has 21 heavy (non-hydrogen) atoms. The third-order valence-electron chi connectivity index (χ3n) is 3.94. The van der Waals surface area contributed by atoms with Crippen molar-refractivity contribution in [2.75, 3.05) is 19.6 Å². The molecule has 1 aromatic carbocycles. The normalized spacial score (nSPS) is 23.0. The maximum atomic E-state index is 12.3. The lowest BCUT2D eigenvalue weighted by atomic mass is 9.85. The quantitative estimate of drug-likeness (QED) is 0.930. The molecule has 0 saturated carbocycles. The van der Waals surface area contributed by atoms with Crippen LogP contribution in [0.4, 0.5) is 4.79 Å². The van der Waals surface area contributed by atoms with Crippen LogP contribution in [0.2, 0.25) is 0 Å². The molecule has 0 radical (unpaired) electrons. The first-order chi connectivity index (χ1) is 9.88. The van der Waals surface area contributed by atoms with Crippen LogP contribution in [0.15, 0.2) is 30.3 Å². The van der Waals surface area contributed by atoms with Gasteiger partial charge in [-0.1, -0.05) is 44.2 Å². The molecule has 0 spiro atoms. The van der Waals surface area contributed by atoms with Crippen LogP contribution in [-0.2, 0) is 10.2 Å². The third kappa shape index (κ3) is 4.21. The first kappa shape index (κ1) is 15.8. The Morgan fingerprint density at radius 2 is 1.81 bits per heavy atom. The van der Waals surface area contributed by atoms with Crippen molar-refractivity contribution in [3.05, 3.63) is 35.9 Å². The summed E-state index contributed by atoms with van der Waals surface area (Å²) in [4.78, 5) is 14.2. The fourth-order valence-electron chi connectivity index (χ4n) is 2.74. The lowest BCUT2D eigenvalue weighted by molar-refractivity contribution is -0.0545. The summed E-state index contributed by atoms with van der Waals surface area (Å²) >= 11 is 0. The molecule has 1 aliphatic rings. The molecule has 1 heterocycles. The van der Waals surface area contributed by atoms with Crippen LogP contribution in [-0.4, -0.2) is 42.8 Å². The molecule has 2 atom stereocenters. The van der Waals surface area contributed by atoms with E-state index in [1.807, 2.05) is 36.9 Å². The van der Waals surface area contributed by atoms with Gasteiger partial charge in [0.1, 0.15) is 0 Å². The number of morpholine rings is 1. The van der Waals surface area contributed by atoms with E-state index >= 15 is 0 Å². The fraction of sp³-hybridized carbons (Fsp3) is 0.588. The molecular formula is C17H26N2O2. The van der Waals surface area contributed by atoms with Crippen LogP contribution in [0, 0.1) is 0 Å². The van der Waals surface area contributed by atoms with Gasteiger partial charge in [0.15, 0.2) is 0 Å². The Hall–Kier alpha value is -1.55. The second-order valence-electron chi connectivity index (χ2n) is 6.57. The smallest absolute Gasteiger partial charge is 0.317 e. The monoisotopic (exact) mass is 290 g/mol. The average Bonchev–Trinajstić information content (AvgIpc) is 2.45. The molecule has 2 unspecified atom stereocenters. The molecule has 116 valence electrons. The Morgan fingerprint density at radius 3 is 2.38 bits per heavy atom. The van der Waals surface area contributed by atoms with Gasteiger partial charge < -0.3 is 15.0 Å². The Bertz CT molecular complexity index is 463. The van der Waals surface area contributed by atoms with E-state index < -0.39 is 0 Å². The number of hydrogen-bond donors (Lipinski definition) is 1. The molecule has 0 bridgehead atoms. The average molecular weight is 290 g/mol. The van der Waals surface area contributed by atoms with E-state index in [0.29, 0.717) is 19.6 Å². The second-order valence-corrected chi connectivity index (χ2v) is 6.57. The van der Waals surface area contributed by atoms with Gasteiger partial charge in [-0.15, -0.1) is 0 Å². The SMILES string of the molecule is CC1CN(C(=O)NCC(C)(C)c2ccccc2)CC(C)O1. The van der Waals surface area contributed by atoms with Crippen molar-refractivity contribution in [1.29, 1.82) is 0 Å². The highest BCUT2D eigenvalue weighted by Gasteiger charge is 2.27. The zero-order valence-electron chi connectivity index (χ0n) is 13.4. The minimum absolute atomic E-state index is 0.000932. The third-order valence-corrected chi connectivity index (χ3v) is 3.94. The van der Waals surface area contributed by atoms with Crippen molar-refractivity contribution in [2.45, 2.75) is 45.3 Å². The molecule has 1 N–H and O–H groups in total. The van der Waals surface area contributed by atoms with E-state index in [1.54, 1.807) is 0 Å². The zero-order chi connectivity index (χ0) is 15.5. The molecule has 2 amide bonds. The van der Waals surface area contributed by atoms with Gasteiger partial charge in [-0.2, -0.15) is 0 Å². The van der Waals surface area contributed by atoms with Crippen LogP contribution in [0.1, 0.15) is 33.3 Å². The lowest BCUT2D eigenvalue weighted by Gasteiger charge is -2.36. The van der Waals surface area contributed by atoms with Gasteiger partial charge in [0.05, 0.1) is 12.2 Å². The van der Waals surface area contributed by atoms with Crippen molar-refractivity contribution in [1.82, 2.24) is 10.2 Å². The van der Waals surface area contributed by atoms with Crippen molar-refractivity contribution >= 4 is 6.03 Å². The molecule has 1 fully saturated rings. The predicted octanol–water partition coefficient (Wildman–Crippen LogP) is 2.78. The van der Waals surface area contributed by atoms with Crippen molar-refractivity contribution in [3.63, 3.8) is 0 Å². The summed E-state index contributed by atoms with van der Waals surface area (Å²) in [5.74, 6) is 0. The van der Waals surface area contributed by atoms with E-state index in [9.17, 15) is 4.79 Å². The summed E-state index contributed by atoms with van der Waals surface area (Å²) in [7, 11) is 0. The van der Waals surface area contributed by atoms with Crippen LogP contribution in [0.5, 0.6) is 0 Å².